The molecule has 0 amide bonds. The number of nitrogens with zero attached hydrogens (tertiary/aromatic N) is 1. The van der Waals surface area contributed by atoms with Crippen molar-refractivity contribution in [1.29, 1.82) is 0 Å². The number of hydrogen-bond donors (Lipinski definition) is 0. The molecule has 0 saturated carbocycles. The van der Waals surface area contributed by atoms with Crippen molar-refractivity contribution in [3.8, 4) is 5.75 Å². The molecule has 1 aromatic heterocycles. The molecular formula is C12H10ClNO2. The number of rotatable bonds is 3. The van der Waals surface area contributed by atoms with E-state index in [4.69, 9.17) is 16.3 Å². The molecular weight excluding hydrogens is 226 g/mol. The maximum Gasteiger partial charge on any atom is 0.124 e. The van der Waals surface area contributed by atoms with Gasteiger partial charge >= 0.3 is 0 Å². The minimum atomic E-state index is 0.283. The number of carbonyl (C=O) groups is 1. The fourth-order valence-corrected chi connectivity index (χ4v) is 1.85. The Morgan fingerprint density at radius 1 is 1.50 bits per heavy atom. The van der Waals surface area contributed by atoms with Crippen LogP contribution < -0.4 is 4.74 Å². The number of hydrogen-bond acceptors (Lipinski definition) is 3. The Kier molecular flexibility index (Phi) is 3.06. The van der Waals surface area contributed by atoms with Crippen molar-refractivity contribution in [1.82, 2.24) is 4.98 Å². The second-order valence-corrected chi connectivity index (χ2v) is 3.75. The molecule has 0 saturated heterocycles. The lowest BCUT2D eigenvalue weighted by Gasteiger charge is -2.07. The van der Waals surface area contributed by atoms with Crippen LogP contribution in [0.5, 0.6) is 5.75 Å². The van der Waals surface area contributed by atoms with Gasteiger partial charge in [0.25, 0.3) is 0 Å². The summed E-state index contributed by atoms with van der Waals surface area (Å²) in [6.45, 7) is 0. The average molecular weight is 236 g/mol. The fourth-order valence-electron chi connectivity index (χ4n) is 1.62. The summed E-state index contributed by atoms with van der Waals surface area (Å²) in [5, 5.41) is 1.37. The SMILES string of the molecule is COc1ccc2ncc(Cl)c(CC=O)c2c1. The van der Waals surface area contributed by atoms with Crippen LogP contribution in [-0.2, 0) is 11.2 Å². The van der Waals surface area contributed by atoms with Crippen LogP contribution in [0.3, 0.4) is 0 Å². The van der Waals surface area contributed by atoms with Crippen molar-refractivity contribution >= 4 is 28.8 Å². The van der Waals surface area contributed by atoms with Crippen molar-refractivity contribution in [2.75, 3.05) is 7.11 Å². The van der Waals surface area contributed by atoms with Gasteiger partial charge < -0.3 is 9.53 Å². The molecule has 0 bridgehead atoms. The zero-order valence-corrected chi connectivity index (χ0v) is 9.49. The Morgan fingerprint density at radius 2 is 2.31 bits per heavy atom. The van der Waals surface area contributed by atoms with Gasteiger partial charge in [-0.3, -0.25) is 4.98 Å². The summed E-state index contributed by atoms with van der Waals surface area (Å²) in [6, 6.07) is 5.51. The lowest BCUT2D eigenvalue weighted by molar-refractivity contribution is -0.107. The Balaban J connectivity index is 2.72. The molecule has 0 atom stereocenters. The summed E-state index contributed by atoms with van der Waals surface area (Å²) >= 11 is 6.02. The highest BCUT2D eigenvalue weighted by atomic mass is 35.5. The van der Waals surface area contributed by atoms with Crippen LogP contribution in [0.2, 0.25) is 5.02 Å². The van der Waals surface area contributed by atoms with Crippen LogP contribution in [0, 0.1) is 0 Å². The number of carbonyl (C=O) groups excluding carboxylic acids is 1. The Hall–Kier alpha value is -1.61. The highest BCUT2D eigenvalue weighted by Crippen LogP contribution is 2.27. The molecule has 0 unspecified atom stereocenters. The second kappa shape index (κ2) is 4.49. The maximum absolute atomic E-state index is 10.6. The van der Waals surface area contributed by atoms with Gasteiger partial charge in [0.2, 0.25) is 0 Å². The van der Waals surface area contributed by atoms with E-state index in [0.717, 1.165) is 28.5 Å². The first-order valence-electron chi connectivity index (χ1n) is 4.81. The highest BCUT2D eigenvalue weighted by Gasteiger charge is 2.07. The number of aldehydes is 1. The number of pyridine rings is 1. The van der Waals surface area contributed by atoms with Crippen LogP contribution in [0.25, 0.3) is 10.9 Å². The molecule has 0 aliphatic heterocycles. The lowest BCUT2D eigenvalue weighted by Crippen LogP contribution is -1.93. The van der Waals surface area contributed by atoms with E-state index in [1.54, 1.807) is 13.3 Å². The van der Waals surface area contributed by atoms with Gasteiger partial charge in [0.05, 0.1) is 17.6 Å². The topological polar surface area (TPSA) is 39.2 Å². The molecule has 1 aromatic carbocycles. The van der Waals surface area contributed by atoms with Gasteiger partial charge in [-0.25, -0.2) is 0 Å². The predicted octanol–water partition coefficient (Wildman–Crippen LogP) is 2.64. The summed E-state index contributed by atoms with van der Waals surface area (Å²) in [7, 11) is 1.60. The molecule has 4 heteroatoms. The zero-order chi connectivity index (χ0) is 11.5. The van der Waals surface area contributed by atoms with E-state index in [2.05, 4.69) is 4.98 Å². The Morgan fingerprint density at radius 3 is 3.00 bits per heavy atom. The van der Waals surface area contributed by atoms with Crippen molar-refractivity contribution < 1.29 is 9.53 Å². The third kappa shape index (κ3) is 1.86. The molecule has 2 aromatic rings. The predicted molar refractivity (Wildman–Crippen MR) is 63.1 cm³/mol. The summed E-state index contributed by atoms with van der Waals surface area (Å²) in [5.74, 6) is 0.726. The summed E-state index contributed by atoms with van der Waals surface area (Å²) in [4.78, 5) is 14.8. The summed E-state index contributed by atoms with van der Waals surface area (Å²) in [6.07, 6.45) is 2.68. The Bertz CT molecular complexity index is 540. The standard InChI is InChI=1S/C12H10ClNO2/c1-16-8-2-3-12-10(6-8)9(4-5-15)11(13)7-14-12/h2-3,5-7H,4H2,1H3. The molecule has 0 aliphatic carbocycles. The van der Waals surface area contributed by atoms with Gasteiger partial charge in [-0.2, -0.15) is 0 Å². The number of halogens is 1. The number of methoxy groups -OCH3 is 1. The van der Waals surface area contributed by atoms with E-state index in [-0.39, 0.29) is 6.42 Å². The molecule has 2 rings (SSSR count). The van der Waals surface area contributed by atoms with Crippen LogP contribution >= 0.6 is 11.6 Å². The van der Waals surface area contributed by atoms with Gasteiger partial charge in [-0.05, 0) is 23.8 Å². The minimum Gasteiger partial charge on any atom is -0.497 e. The summed E-state index contributed by atoms with van der Waals surface area (Å²) in [5.41, 5.74) is 1.60. The maximum atomic E-state index is 10.6. The molecule has 3 nitrogen and oxygen atoms in total. The fraction of sp³-hybridized carbons (Fsp3) is 0.167. The van der Waals surface area contributed by atoms with Crippen LogP contribution in [0.1, 0.15) is 5.56 Å². The lowest BCUT2D eigenvalue weighted by atomic mass is 10.1. The molecule has 0 radical (unpaired) electrons. The molecule has 0 aliphatic rings. The van der Waals surface area contributed by atoms with Gasteiger partial charge in [0.15, 0.2) is 0 Å². The van der Waals surface area contributed by atoms with E-state index in [9.17, 15) is 4.79 Å². The average Bonchev–Trinajstić information content (AvgIpc) is 2.32. The van der Waals surface area contributed by atoms with E-state index in [1.165, 1.54) is 0 Å². The number of aromatic nitrogens is 1. The van der Waals surface area contributed by atoms with Crippen molar-refractivity contribution in [3.63, 3.8) is 0 Å². The molecule has 16 heavy (non-hydrogen) atoms. The number of benzene rings is 1. The largest absolute Gasteiger partial charge is 0.497 e. The number of ether oxygens (including phenoxy) is 1. The summed E-state index contributed by atoms with van der Waals surface area (Å²) < 4.78 is 5.14. The first-order chi connectivity index (χ1) is 7.76. The van der Waals surface area contributed by atoms with E-state index >= 15 is 0 Å². The normalized spacial score (nSPS) is 10.4. The smallest absolute Gasteiger partial charge is 0.124 e. The molecule has 82 valence electrons. The number of fused-ring (bicyclic) bond motifs is 1. The van der Waals surface area contributed by atoms with Crippen molar-refractivity contribution in [2.45, 2.75) is 6.42 Å². The van der Waals surface area contributed by atoms with Crippen LogP contribution in [0.15, 0.2) is 24.4 Å². The van der Waals surface area contributed by atoms with Crippen molar-refractivity contribution in [3.05, 3.63) is 35.0 Å². The van der Waals surface area contributed by atoms with Gasteiger partial charge in [0, 0.05) is 18.0 Å². The van der Waals surface area contributed by atoms with Gasteiger partial charge in [0.1, 0.15) is 12.0 Å². The molecule has 0 fully saturated rings. The molecule has 1 heterocycles. The minimum absolute atomic E-state index is 0.283. The first-order valence-corrected chi connectivity index (χ1v) is 5.19. The van der Waals surface area contributed by atoms with Gasteiger partial charge in [-0.15, -0.1) is 0 Å². The van der Waals surface area contributed by atoms with E-state index in [1.807, 2.05) is 18.2 Å². The van der Waals surface area contributed by atoms with Crippen LogP contribution in [0.4, 0.5) is 0 Å². The quantitative estimate of drug-likeness (QED) is 0.768. The zero-order valence-electron chi connectivity index (χ0n) is 8.74. The van der Waals surface area contributed by atoms with Crippen LogP contribution in [-0.4, -0.2) is 18.4 Å². The highest BCUT2D eigenvalue weighted by molar-refractivity contribution is 6.32. The molecule has 0 N–H and O–H groups in total. The van der Waals surface area contributed by atoms with Crippen molar-refractivity contribution in [2.24, 2.45) is 0 Å². The third-order valence-corrected chi connectivity index (χ3v) is 2.75. The Labute approximate surface area is 98.0 Å². The first kappa shape index (κ1) is 10.9. The monoisotopic (exact) mass is 235 g/mol. The van der Waals surface area contributed by atoms with E-state index < -0.39 is 0 Å². The van der Waals surface area contributed by atoms with E-state index in [0.29, 0.717) is 5.02 Å². The second-order valence-electron chi connectivity index (χ2n) is 3.34. The van der Waals surface area contributed by atoms with Gasteiger partial charge in [-0.1, -0.05) is 11.6 Å². The third-order valence-electron chi connectivity index (χ3n) is 2.42. The molecule has 0 spiro atoms.